The number of allylic oxidation sites excluding steroid dienone is 4. The van der Waals surface area contributed by atoms with E-state index >= 15 is 0 Å². The highest BCUT2D eigenvalue weighted by atomic mass is 16.6. The van der Waals surface area contributed by atoms with E-state index in [-0.39, 0.29) is 12.6 Å². The predicted octanol–water partition coefficient (Wildman–Crippen LogP) is 13.9. The van der Waals surface area contributed by atoms with Gasteiger partial charge in [-0.05, 0) is 44.9 Å². The van der Waals surface area contributed by atoms with Crippen LogP contribution in [0.2, 0.25) is 0 Å². The predicted molar refractivity (Wildman–Crippen MR) is 210 cm³/mol. The molecule has 0 fully saturated rings. The molecule has 0 heterocycles. The highest BCUT2D eigenvalue weighted by Crippen LogP contribution is 2.15. The number of rotatable bonds is 40. The number of unbranched alkanes of at least 4 members (excludes halogenated alkanes) is 28. The minimum absolute atomic E-state index is 0.171. The molecule has 0 spiro atoms. The molecule has 0 aliphatic rings. The fourth-order valence-corrected chi connectivity index (χ4v) is 6.30. The van der Waals surface area contributed by atoms with Crippen LogP contribution in [0.5, 0.6) is 0 Å². The molecular formula is C44H84O4. The highest BCUT2D eigenvalue weighted by Gasteiger charge is 2.13. The summed E-state index contributed by atoms with van der Waals surface area (Å²) in [7, 11) is 0. The summed E-state index contributed by atoms with van der Waals surface area (Å²) >= 11 is 0. The summed E-state index contributed by atoms with van der Waals surface area (Å²) < 4.78 is 11.2. The smallest absolute Gasteiger partial charge is 0.306 e. The molecule has 4 nitrogen and oxygen atoms in total. The molecule has 0 bridgehead atoms. The van der Waals surface area contributed by atoms with E-state index in [0.29, 0.717) is 19.6 Å². The number of carbonyl (C=O) groups is 1. The number of hydrogen-bond acceptors (Lipinski definition) is 4. The summed E-state index contributed by atoms with van der Waals surface area (Å²) in [5, 5.41) is 9.60. The molecule has 1 unspecified atom stereocenters. The van der Waals surface area contributed by atoms with Crippen molar-refractivity contribution in [2.75, 3.05) is 19.8 Å². The van der Waals surface area contributed by atoms with E-state index in [2.05, 4.69) is 38.2 Å². The molecular weight excluding hydrogens is 592 g/mol. The van der Waals surface area contributed by atoms with Crippen LogP contribution in [0.15, 0.2) is 24.3 Å². The van der Waals surface area contributed by atoms with Gasteiger partial charge in [0.05, 0.1) is 13.2 Å². The molecule has 0 saturated heterocycles. The van der Waals surface area contributed by atoms with Crippen LogP contribution in [-0.2, 0) is 14.3 Å². The molecule has 0 amide bonds. The second-order valence-electron chi connectivity index (χ2n) is 14.4. The summed E-state index contributed by atoms with van der Waals surface area (Å²) in [5.41, 5.74) is 0. The topological polar surface area (TPSA) is 55.8 Å². The summed E-state index contributed by atoms with van der Waals surface area (Å²) in [4.78, 5) is 12.2. The number of aliphatic hydroxyl groups excluding tert-OH is 1. The van der Waals surface area contributed by atoms with Gasteiger partial charge in [-0.1, -0.05) is 199 Å². The Labute approximate surface area is 300 Å². The van der Waals surface area contributed by atoms with Gasteiger partial charge in [0, 0.05) is 13.0 Å². The van der Waals surface area contributed by atoms with Crippen molar-refractivity contribution >= 4 is 5.97 Å². The Hall–Kier alpha value is -1.13. The molecule has 0 radical (unpaired) electrons. The maximum atomic E-state index is 12.2. The second-order valence-corrected chi connectivity index (χ2v) is 14.4. The lowest BCUT2D eigenvalue weighted by Crippen LogP contribution is -2.27. The van der Waals surface area contributed by atoms with E-state index < -0.39 is 6.10 Å². The van der Waals surface area contributed by atoms with E-state index in [9.17, 15) is 9.90 Å². The Bertz CT molecular complexity index is 673. The quantitative estimate of drug-likeness (QED) is 0.0399. The molecule has 0 aromatic carbocycles. The van der Waals surface area contributed by atoms with Gasteiger partial charge < -0.3 is 14.6 Å². The van der Waals surface area contributed by atoms with Crippen molar-refractivity contribution in [3.05, 3.63) is 24.3 Å². The van der Waals surface area contributed by atoms with Gasteiger partial charge in [-0.2, -0.15) is 0 Å². The van der Waals surface area contributed by atoms with Crippen LogP contribution in [0.25, 0.3) is 0 Å². The summed E-state index contributed by atoms with van der Waals surface area (Å²) in [6.07, 6.45) is 50.9. The van der Waals surface area contributed by atoms with E-state index in [1.54, 1.807) is 0 Å². The van der Waals surface area contributed by atoms with Crippen LogP contribution in [0.4, 0.5) is 0 Å². The largest absolute Gasteiger partial charge is 0.457 e. The van der Waals surface area contributed by atoms with Crippen LogP contribution in [0, 0.1) is 0 Å². The Morgan fingerprint density at radius 3 is 1.31 bits per heavy atom. The standard InChI is InChI=1S/C44H84O4/c1-3-5-7-9-11-13-15-17-19-21-23-25-27-29-31-33-35-37-39-44(46)48-43(41-45)42-47-40-38-36-34-32-30-28-26-24-22-20-18-16-14-12-10-8-6-4-2/h13,15,19,21,43,45H,3-12,14,16-18,20,22-42H2,1-2H3/b15-13-,21-19-. The zero-order valence-electron chi connectivity index (χ0n) is 32.5. The molecule has 1 atom stereocenters. The summed E-state index contributed by atoms with van der Waals surface area (Å²) in [6, 6.07) is 0. The minimum Gasteiger partial charge on any atom is -0.457 e. The Kier molecular flexibility index (Phi) is 41.0. The Balaban J connectivity index is 3.41. The monoisotopic (exact) mass is 677 g/mol. The van der Waals surface area contributed by atoms with Crippen molar-refractivity contribution in [2.45, 2.75) is 232 Å². The lowest BCUT2D eigenvalue weighted by atomic mass is 10.0. The SMILES string of the molecule is CCCCCC/C=C\C/C=C\CCCCCCCCCC(=O)OC(CO)COCCCCCCCCCCCCCCCCCCCC. The lowest BCUT2D eigenvalue weighted by Gasteiger charge is -2.16. The fourth-order valence-electron chi connectivity index (χ4n) is 6.30. The zero-order valence-corrected chi connectivity index (χ0v) is 32.5. The molecule has 0 saturated carbocycles. The maximum absolute atomic E-state index is 12.2. The van der Waals surface area contributed by atoms with E-state index in [0.717, 1.165) is 25.7 Å². The fraction of sp³-hybridized carbons (Fsp3) is 0.886. The van der Waals surface area contributed by atoms with Crippen LogP contribution in [0.3, 0.4) is 0 Å². The van der Waals surface area contributed by atoms with Crippen molar-refractivity contribution in [1.82, 2.24) is 0 Å². The van der Waals surface area contributed by atoms with Gasteiger partial charge in [-0.3, -0.25) is 4.79 Å². The van der Waals surface area contributed by atoms with Crippen molar-refractivity contribution in [3.63, 3.8) is 0 Å². The van der Waals surface area contributed by atoms with Gasteiger partial charge in [-0.15, -0.1) is 0 Å². The van der Waals surface area contributed by atoms with Gasteiger partial charge in [0.15, 0.2) is 0 Å². The molecule has 0 aromatic rings. The zero-order chi connectivity index (χ0) is 34.9. The first-order valence-corrected chi connectivity index (χ1v) is 21.4. The second kappa shape index (κ2) is 42.0. The number of ether oxygens (including phenoxy) is 2. The maximum Gasteiger partial charge on any atom is 0.306 e. The van der Waals surface area contributed by atoms with Crippen LogP contribution in [-0.4, -0.2) is 37.0 Å². The summed E-state index contributed by atoms with van der Waals surface area (Å²) in [6.45, 7) is 5.36. The number of aliphatic hydroxyl groups is 1. The van der Waals surface area contributed by atoms with Gasteiger partial charge >= 0.3 is 5.97 Å². The average Bonchev–Trinajstić information content (AvgIpc) is 3.09. The molecule has 284 valence electrons. The number of hydrogen-bond donors (Lipinski definition) is 1. The minimum atomic E-state index is -0.534. The number of carbonyl (C=O) groups excluding carboxylic acids is 1. The van der Waals surface area contributed by atoms with Gasteiger partial charge in [0.2, 0.25) is 0 Å². The third-order valence-electron chi connectivity index (χ3n) is 9.53. The molecule has 0 aliphatic carbocycles. The normalized spacial score (nSPS) is 12.5. The van der Waals surface area contributed by atoms with Crippen LogP contribution < -0.4 is 0 Å². The van der Waals surface area contributed by atoms with Crippen LogP contribution in [0.1, 0.15) is 226 Å². The third kappa shape index (κ3) is 39.3. The van der Waals surface area contributed by atoms with E-state index in [1.807, 2.05) is 0 Å². The van der Waals surface area contributed by atoms with Gasteiger partial charge in [-0.25, -0.2) is 0 Å². The first kappa shape index (κ1) is 46.9. The molecule has 48 heavy (non-hydrogen) atoms. The Morgan fingerprint density at radius 1 is 0.500 bits per heavy atom. The van der Waals surface area contributed by atoms with Crippen LogP contribution >= 0.6 is 0 Å². The van der Waals surface area contributed by atoms with E-state index in [4.69, 9.17) is 9.47 Å². The molecule has 0 aliphatic heterocycles. The third-order valence-corrected chi connectivity index (χ3v) is 9.53. The molecule has 4 heteroatoms. The van der Waals surface area contributed by atoms with Crippen molar-refractivity contribution < 1.29 is 19.4 Å². The van der Waals surface area contributed by atoms with Crippen molar-refractivity contribution in [3.8, 4) is 0 Å². The average molecular weight is 677 g/mol. The Morgan fingerprint density at radius 2 is 0.875 bits per heavy atom. The molecule has 1 N–H and O–H groups in total. The highest BCUT2D eigenvalue weighted by molar-refractivity contribution is 5.69. The van der Waals surface area contributed by atoms with Crippen molar-refractivity contribution in [2.24, 2.45) is 0 Å². The lowest BCUT2D eigenvalue weighted by molar-refractivity contribution is -0.154. The molecule has 0 aromatic heterocycles. The first-order valence-electron chi connectivity index (χ1n) is 21.4. The first-order chi connectivity index (χ1) is 23.7. The van der Waals surface area contributed by atoms with Gasteiger partial charge in [0.25, 0.3) is 0 Å². The van der Waals surface area contributed by atoms with E-state index in [1.165, 1.54) is 180 Å². The number of esters is 1. The van der Waals surface area contributed by atoms with Crippen molar-refractivity contribution in [1.29, 1.82) is 0 Å². The molecule has 0 rings (SSSR count). The summed E-state index contributed by atoms with van der Waals surface area (Å²) in [5.74, 6) is -0.205. The van der Waals surface area contributed by atoms with Gasteiger partial charge in [0.1, 0.15) is 6.10 Å².